The summed E-state index contributed by atoms with van der Waals surface area (Å²) in [7, 11) is 0. The summed E-state index contributed by atoms with van der Waals surface area (Å²) in [5.41, 5.74) is 2.68. The maximum atomic E-state index is 13.1. The lowest BCUT2D eigenvalue weighted by atomic mass is 10.2. The zero-order valence-corrected chi connectivity index (χ0v) is 22.0. The Hall–Kier alpha value is -3.69. The number of nitrogens with zero attached hydrogens (tertiary/aromatic N) is 1. The van der Waals surface area contributed by atoms with Crippen molar-refractivity contribution in [1.82, 2.24) is 4.98 Å². The molecule has 6 nitrogen and oxygen atoms in total. The van der Waals surface area contributed by atoms with Gasteiger partial charge < -0.3 is 15.4 Å². The molecule has 0 fully saturated rings. The number of rotatable bonds is 10. The van der Waals surface area contributed by atoms with Crippen molar-refractivity contribution in [2.75, 3.05) is 17.2 Å². The van der Waals surface area contributed by atoms with Crippen LogP contribution in [0.5, 0.6) is 5.75 Å². The maximum Gasteiger partial charge on any atom is 0.255 e. The molecular formula is C28H26FN3O3S2. The Bertz CT molecular complexity index is 1360. The first kappa shape index (κ1) is 26.4. The van der Waals surface area contributed by atoms with Crippen molar-refractivity contribution in [2.24, 2.45) is 0 Å². The van der Waals surface area contributed by atoms with Crippen molar-refractivity contribution in [1.29, 1.82) is 0 Å². The topological polar surface area (TPSA) is 80.3 Å². The lowest BCUT2D eigenvalue weighted by Crippen LogP contribution is -2.24. The van der Waals surface area contributed by atoms with Gasteiger partial charge in [0.05, 0.1) is 17.6 Å². The average molecular weight is 536 g/mol. The molecule has 190 valence electrons. The van der Waals surface area contributed by atoms with E-state index in [2.05, 4.69) is 15.6 Å². The minimum absolute atomic E-state index is 0.138. The second-order valence-corrected chi connectivity index (χ2v) is 10.1. The molecule has 0 aliphatic rings. The molecule has 0 radical (unpaired) electrons. The fourth-order valence-electron chi connectivity index (χ4n) is 3.48. The first-order valence-electron chi connectivity index (χ1n) is 11.8. The second kappa shape index (κ2) is 12.5. The monoisotopic (exact) mass is 535 g/mol. The molecule has 0 spiro atoms. The normalized spacial score (nSPS) is 11.5. The molecular weight excluding hydrogens is 509 g/mol. The largest absolute Gasteiger partial charge is 0.494 e. The van der Waals surface area contributed by atoms with Crippen LogP contribution >= 0.6 is 23.1 Å². The molecule has 0 aliphatic heterocycles. The summed E-state index contributed by atoms with van der Waals surface area (Å²) < 4.78 is 18.6. The molecule has 4 aromatic rings. The molecule has 0 saturated carbocycles. The standard InChI is InChI=1S/C28H26FN3O3S2/c1-3-25(27(34)32-28-31-24(17-36-28)18-10-14-22(15-11-18)35-4-2)37-23-7-5-6-21(16-23)30-26(33)19-8-12-20(29)13-9-19/h5-17,25H,3-4H2,1-2H3,(H,30,33)(H,31,32,34). The molecule has 1 aromatic heterocycles. The second-order valence-electron chi connectivity index (χ2n) is 7.99. The molecule has 0 bridgehead atoms. The third-order valence-electron chi connectivity index (χ3n) is 5.34. The van der Waals surface area contributed by atoms with Gasteiger partial charge in [-0.1, -0.05) is 13.0 Å². The molecule has 37 heavy (non-hydrogen) atoms. The van der Waals surface area contributed by atoms with Crippen LogP contribution in [0.25, 0.3) is 11.3 Å². The predicted molar refractivity (Wildman–Crippen MR) is 148 cm³/mol. The van der Waals surface area contributed by atoms with Crippen molar-refractivity contribution in [3.05, 3.63) is 89.6 Å². The van der Waals surface area contributed by atoms with Gasteiger partial charge in [-0.2, -0.15) is 0 Å². The molecule has 0 aliphatic carbocycles. The molecule has 1 atom stereocenters. The lowest BCUT2D eigenvalue weighted by molar-refractivity contribution is -0.115. The molecule has 0 saturated heterocycles. The van der Waals surface area contributed by atoms with Gasteiger partial charge in [0, 0.05) is 27.1 Å². The first-order valence-corrected chi connectivity index (χ1v) is 13.5. The molecule has 1 heterocycles. The summed E-state index contributed by atoms with van der Waals surface area (Å²) in [6.45, 7) is 4.50. The highest BCUT2D eigenvalue weighted by Crippen LogP contribution is 2.30. The van der Waals surface area contributed by atoms with Gasteiger partial charge in [0.1, 0.15) is 11.6 Å². The predicted octanol–water partition coefficient (Wildman–Crippen LogP) is 7.11. The SMILES string of the molecule is CCOc1ccc(-c2csc(NC(=O)C(CC)Sc3cccc(NC(=O)c4ccc(F)cc4)c3)n2)cc1. The summed E-state index contributed by atoms with van der Waals surface area (Å²) in [5.74, 6) is -0.0687. The summed E-state index contributed by atoms with van der Waals surface area (Å²) in [4.78, 5) is 30.9. The number of thioether (sulfide) groups is 1. The quantitative estimate of drug-likeness (QED) is 0.212. The summed E-state index contributed by atoms with van der Waals surface area (Å²) in [6.07, 6.45) is 0.611. The summed E-state index contributed by atoms with van der Waals surface area (Å²) in [6, 6.07) is 20.3. The van der Waals surface area contributed by atoms with Gasteiger partial charge in [0.25, 0.3) is 5.91 Å². The van der Waals surface area contributed by atoms with E-state index in [1.807, 2.05) is 61.7 Å². The van der Waals surface area contributed by atoms with E-state index in [-0.39, 0.29) is 17.1 Å². The minimum Gasteiger partial charge on any atom is -0.494 e. The Balaban J connectivity index is 1.37. The van der Waals surface area contributed by atoms with E-state index in [1.165, 1.54) is 47.4 Å². The molecule has 4 rings (SSSR count). The number of nitrogens with one attached hydrogen (secondary N) is 2. The molecule has 9 heteroatoms. The number of aromatic nitrogens is 1. The Morgan fingerprint density at radius 1 is 1.03 bits per heavy atom. The van der Waals surface area contributed by atoms with E-state index < -0.39 is 5.82 Å². The van der Waals surface area contributed by atoms with Gasteiger partial charge in [-0.25, -0.2) is 9.37 Å². The third-order valence-corrected chi connectivity index (χ3v) is 7.45. The zero-order chi connectivity index (χ0) is 26.2. The van der Waals surface area contributed by atoms with E-state index in [0.717, 1.165) is 21.9 Å². The number of hydrogen-bond donors (Lipinski definition) is 2. The fourth-order valence-corrected chi connectivity index (χ4v) is 5.21. The Labute approximate surface area is 223 Å². The average Bonchev–Trinajstić information content (AvgIpc) is 3.37. The molecule has 2 N–H and O–H groups in total. The van der Waals surface area contributed by atoms with Crippen molar-refractivity contribution < 1.29 is 18.7 Å². The number of carbonyl (C=O) groups is 2. The highest BCUT2D eigenvalue weighted by atomic mass is 32.2. The van der Waals surface area contributed by atoms with Crippen LogP contribution in [-0.2, 0) is 4.79 Å². The highest BCUT2D eigenvalue weighted by molar-refractivity contribution is 8.00. The Morgan fingerprint density at radius 2 is 1.78 bits per heavy atom. The number of benzene rings is 3. The number of carbonyl (C=O) groups excluding carboxylic acids is 2. The number of thiazole rings is 1. The number of ether oxygens (including phenoxy) is 1. The van der Waals surface area contributed by atoms with Crippen LogP contribution in [0, 0.1) is 5.82 Å². The first-order chi connectivity index (χ1) is 17.9. The summed E-state index contributed by atoms with van der Waals surface area (Å²) in [5, 5.41) is 7.84. The van der Waals surface area contributed by atoms with Gasteiger partial charge in [0.15, 0.2) is 5.13 Å². The fraction of sp³-hybridized carbons (Fsp3) is 0.179. The number of halogens is 1. The van der Waals surface area contributed by atoms with Crippen molar-refractivity contribution in [3.8, 4) is 17.0 Å². The van der Waals surface area contributed by atoms with Crippen molar-refractivity contribution in [3.63, 3.8) is 0 Å². The number of amides is 2. The van der Waals surface area contributed by atoms with E-state index in [9.17, 15) is 14.0 Å². The van der Waals surface area contributed by atoms with Crippen molar-refractivity contribution >= 4 is 45.7 Å². The van der Waals surface area contributed by atoms with Gasteiger partial charge >= 0.3 is 0 Å². The Kier molecular flexibility index (Phi) is 8.92. The number of anilines is 2. The molecule has 1 unspecified atom stereocenters. The van der Waals surface area contributed by atoms with Gasteiger partial charge in [-0.3, -0.25) is 9.59 Å². The Morgan fingerprint density at radius 3 is 2.49 bits per heavy atom. The van der Waals surface area contributed by atoms with E-state index in [4.69, 9.17) is 4.74 Å². The van der Waals surface area contributed by atoms with Crippen molar-refractivity contribution in [2.45, 2.75) is 30.4 Å². The molecule has 2 amide bonds. The van der Waals surface area contributed by atoms with Gasteiger partial charge in [0.2, 0.25) is 5.91 Å². The maximum absolute atomic E-state index is 13.1. The smallest absolute Gasteiger partial charge is 0.255 e. The van der Waals surface area contributed by atoms with E-state index in [1.54, 1.807) is 6.07 Å². The summed E-state index contributed by atoms with van der Waals surface area (Å²) >= 11 is 2.79. The van der Waals surface area contributed by atoms with E-state index in [0.29, 0.717) is 29.4 Å². The zero-order valence-electron chi connectivity index (χ0n) is 20.4. The number of hydrogen-bond acceptors (Lipinski definition) is 6. The van der Waals surface area contributed by atoms with Crippen LogP contribution in [-0.4, -0.2) is 28.7 Å². The minimum atomic E-state index is -0.399. The third kappa shape index (κ3) is 7.18. The van der Waals surface area contributed by atoms with E-state index >= 15 is 0 Å². The van der Waals surface area contributed by atoms with Gasteiger partial charge in [-0.15, -0.1) is 23.1 Å². The van der Waals surface area contributed by atoms with Crippen LogP contribution in [0.15, 0.2) is 83.1 Å². The van der Waals surface area contributed by atoms with Crippen LogP contribution < -0.4 is 15.4 Å². The highest BCUT2D eigenvalue weighted by Gasteiger charge is 2.20. The van der Waals surface area contributed by atoms with Gasteiger partial charge in [-0.05, 0) is 80.1 Å². The van der Waals surface area contributed by atoms with Crippen LogP contribution in [0.4, 0.5) is 15.2 Å². The molecule has 3 aromatic carbocycles. The lowest BCUT2D eigenvalue weighted by Gasteiger charge is -2.14. The van der Waals surface area contributed by atoms with Crippen LogP contribution in [0.3, 0.4) is 0 Å². The van der Waals surface area contributed by atoms with Crippen LogP contribution in [0.2, 0.25) is 0 Å². The van der Waals surface area contributed by atoms with Crippen LogP contribution in [0.1, 0.15) is 30.6 Å².